The molecule has 0 aliphatic carbocycles. The van der Waals surface area contributed by atoms with Gasteiger partial charge in [-0.15, -0.1) is 0 Å². The van der Waals surface area contributed by atoms with E-state index in [1.165, 1.54) is 270 Å². The summed E-state index contributed by atoms with van der Waals surface area (Å²) in [7, 11) is 1.28. The zero-order valence-corrected chi connectivity index (χ0v) is 49.4. The molecule has 2 N–H and O–H groups in total. The second-order valence-corrected chi connectivity index (χ2v) is 24.5. The third kappa shape index (κ3) is 56.8. The molecule has 0 heterocycles. The predicted octanol–water partition coefficient (Wildman–Crippen LogP) is 18.8. The molecule has 1 amide bonds. The lowest BCUT2D eigenvalue weighted by atomic mass is 10.0. The highest BCUT2D eigenvalue weighted by atomic mass is 31.2. The second-order valence-electron chi connectivity index (χ2n) is 23.1. The Morgan fingerprint density at radius 1 is 0.479 bits per heavy atom. The Morgan fingerprint density at radius 3 is 1.06 bits per heavy atom. The first kappa shape index (κ1) is 70.2. The Bertz CT molecular complexity index is 1160. The first-order chi connectivity index (χ1) is 34.5. The van der Waals surface area contributed by atoms with Crippen LogP contribution in [-0.4, -0.2) is 68.5 Å². The summed E-state index contributed by atoms with van der Waals surface area (Å²) in [6.07, 6.45) is 67.3. The summed E-state index contributed by atoms with van der Waals surface area (Å²) in [5.41, 5.74) is 0. The number of quaternary nitrogens is 1. The van der Waals surface area contributed by atoms with Gasteiger partial charge in [0.05, 0.1) is 39.9 Å². The number of nitrogens with one attached hydrogen (secondary N) is 1. The normalized spacial score (nSPS) is 13.8. The van der Waals surface area contributed by atoms with Crippen molar-refractivity contribution in [2.75, 3.05) is 40.9 Å². The molecule has 0 radical (unpaired) electrons. The van der Waals surface area contributed by atoms with Crippen molar-refractivity contribution >= 4 is 13.7 Å². The molecule has 424 valence electrons. The molecular formula is C62H125N2O6P. The highest BCUT2D eigenvalue weighted by molar-refractivity contribution is 7.45. The molecule has 0 bridgehead atoms. The molecule has 0 aliphatic rings. The standard InChI is InChI=1S/C62H125N2O6P/c1-6-8-10-12-14-16-18-20-22-24-26-28-30-31-32-34-35-37-39-41-43-45-47-49-51-53-55-61(65)60(59-70-71(67,68)69-58-57-64(3,4)5)63-62(66)56-54-52-50-48-46-44-42-40-38-36-33-29-27-25-23-21-19-17-15-13-11-9-7-2/h53,55,60-61,65H,6-52,54,56-59H2,1-5H3,(H-,63,66,67,68)/b55-53+. The summed E-state index contributed by atoms with van der Waals surface area (Å²) in [6, 6.07) is -0.883. The van der Waals surface area contributed by atoms with Crippen molar-refractivity contribution in [1.29, 1.82) is 0 Å². The quantitative estimate of drug-likeness (QED) is 0.0272. The lowest BCUT2D eigenvalue weighted by Gasteiger charge is -2.29. The number of allylic oxidation sites excluding steroid dienone is 1. The smallest absolute Gasteiger partial charge is 0.268 e. The van der Waals surface area contributed by atoms with Crippen LogP contribution in [0.4, 0.5) is 0 Å². The summed E-state index contributed by atoms with van der Waals surface area (Å²) in [4.78, 5) is 25.6. The minimum absolute atomic E-state index is 0.00286. The number of carbonyl (C=O) groups excluding carboxylic acids is 1. The molecule has 3 atom stereocenters. The zero-order chi connectivity index (χ0) is 52.0. The van der Waals surface area contributed by atoms with Crippen molar-refractivity contribution in [2.45, 2.75) is 341 Å². The van der Waals surface area contributed by atoms with E-state index in [1.54, 1.807) is 6.08 Å². The van der Waals surface area contributed by atoms with Crippen molar-refractivity contribution in [3.63, 3.8) is 0 Å². The van der Waals surface area contributed by atoms with Gasteiger partial charge in [0.1, 0.15) is 13.2 Å². The Hall–Kier alpha value is -0.760. The fourth-order valence-electron chi connectivity index (χ4n) is 9.81. The van der Waals surface area contributed by atoms with E-state index in [-0.39, 0.29) is 19.1 Å². The molecular weight excluding hydrogens is 900 g/mol. The fourth-order valence-corrected chi connectivity index (χ4v) is 10.5. The van der Waals surface area contributed by atoms with Crippen LogP contribution < -0.4 is 10.2 Å². The highest BCUT2D eigenvalue weighted by Crippen LogP contribution is 2.38. The van der Waals surface area contributed by atoms with Gasteiger partial charge in [0.2, 0.25) is 5.91 Å². The van der Waals surface area contributed by atoms with Gasteiger partial charge in [-0.1, -0.05) is 315 Å². The number of aliphatic hydroxyl groups excluding tert-OH is 1. The Morgan fingerprint density at radius 2 is 0.761 bits per heavy atom. The second kappa shape index (κ2) is 54.0. The molecule has 8 nitrogen and oxygen atoms in total. The number of likely N-dealkylation sites (N-methyl/N-ethyl adjacent to an activating group) is 1. The summed E-state index contributed by atoms with van der Waals surface area (Å²) >= 11 is 0. The maximum atomic E-state index is 13.0. The number of phosphoric ester groups is 1. The molecule has 0 aromatic rings. The molecule has 0 aliphatic heterocycles. The van der Waals surface area contributed by atoms with Crippen molar-refractivity contribution < 1.29 is 32.9 Å². The molecule has 0 fully saturated rings. The molecule has 0 saturated carbocycles. The lowest BCUT2D eigenvalue weighted by Crippen LogP contribution is -2.45. The van der Waals surface area contributed by atoms with Crippen LogP contribution in [0.15, 0.2) is 12.2 Å². The van der Waals surface area contributed by atoms with Crippen molar-refractivity contribution in [2.24, 2.45) is 0 Å². The topological polar surface area (TPSA) is 108 Å². The summed E-state index contributed by atoms with van der Waals surface area (Å²) < 4.78 is 23.4. The third-order valence-electron chi connectivity index (χ3n) is 14.7. The van der Waals surface area contributed by atoms with Crippen molar-refractivity contribution in [3.8, 4) is 0 Å². The maximum Gasteiger partial charge on any atom is 0.268 e. The Kier molecular flexibility index (Phi) is 53.5. The molecule has 9 heteroatoms. The van der Waals surface area contributed by atoms with E-state index in [9.17, 15) is 19.4 Å². The van der Waals surface area contributed by atoms with Crippen LogP contribution in [0.5, 0.6) is 0 Å². The van der Waals surface area contributed by atoms with Gasteiger partial charge in [0, 0.05) is 6.42 Å². The lowest BCUT2D eigenvalue weighted by molar-refractivity contribution is -0.870. The average Bonchev–Trinajstić information content (AvgIpc) is 3.33. The molecule has 0 aromatic carbocycles. The SMILES string of the molecule is CCCCCCCCCCCCCCCCCCCCCCCCCC/C=C/C(O)C(COP(=O)([O-])OCC[N+](C)(C)C)NC(=O)CCCCCCCCCCCCCCCCCCCCCCCCC. The number of hydrogen-bond donors (Lipinski definition) is 2. The van der Waals surface area contributed by atoms with Crippen LogP contribution in [0.3, 0.4) is 0 Å². The molecule has 71 heavy (non-hydrogen) atoms. The van der Waals surface area contributed by atoms with Crippen molar-refractivity contribution in [1.82, 2.24) is 5.32 Å². The molecule has 3 unspecified atom stereocenters. The van der Waals surface area contributed by atoms with E-state index in [0.29, 0.717) is 17.4 Å². The van der Waals surface area contributed by atoms with E-state index in [2.05, 4.69) is 19.2 Å². The van der Waals surface area contributed by atoms with Gasteiger partial charge < -0.3 is 28.8 Å². The van der Waals surface area contributed by atoms with E-state index < -0.39 is 20.0 Å². The van der Waals surface area contributed by atoms with Crippen LogP contribution in [0, 0.1) is 0 Å². The average molecular weight is 1030 g/mol. The van der Waals surface area contributed by atoms with Crippen LogP contribution in [-0.2, 0) is 18.4 Å². The van der Waals surface area contributed by atoms with Crippen LogP contribution in [0.25, 0.3) is 0 Å². The van der Waals surface area contributed by atoms with Gasteiger partial charge in [-0.2, -0.15) is 0 Å². The summed E-state index contributed by atoms with van der Waals surface area (Å²) in [5.74, 6) is -0.189. The van der Waals surface area contributed by atoms with Crippen LogP contribution in [0.1, 0.15) is 328 Å². The number of rotatable bonds is 59. The number of carbonyl (C=O) groups is 1. The number of nitrogens with zero attached hydrogens (tertiary/aromatic N) is 1. The van der Waals surface area contributed by atoms with Crippen molar-refractivity contribution in [3.05, 3.63) is 12.2 Å². The molecule has 0 saturated heterocycles. The van der Waals surface area contributed by atoms with E-state index in [0.717, 1.165) is 38.5 Å². The number of aliphatic hydroxyl groups is 1. The van der Waals surface area contributed by atoms with Gasteiger partial charge in [-0.25, -0.2) is 0 Å². The number of phosphoric acid groups is 1. The summed E-state index contributed by atoms with van der Waals surface area (Å²) in [6.45, 7) is 4.71. The summed E-state index contributed by atoms with van der Waals surface area (Å²) in [5, 5.41) is 13.9. The van der Waals surface area contributed by atoms with E-state index in [4.69, 9.17) is 9.05 Å². The van der Waals surface area contributed by atoms with Crippen LogP contribution in [0.2, 0.25) is 0 Å². The largest absolute Gasteiger partial charge is 0.756 e. The first-order valence-electron chi connectivity index (χ1n) is 31.6. The molecule has 0 aromatic heterocycles. The maximum absolute atomic E-state index is 13.0. The highest BCUT2D eigenvalue weighted by Gasteiger charge is 2.23. The fraction of sp³-hybridized carbons (Fsp3) is 0.952. The predicted molar refractivity (Wildman–Crippen MR) is 307 cm³/mol. The van der Waals surface area contributed by atoms with Gasteiger partial charge >= 0.3 is 0 Å². The van der Waals surface area contributed by atoms with E-state index >= 15 is 0 Å². The van der Waals surface area contributed by atoms with Gasteiger partial charge in [-0.05, 0) is 19.3 Å². The third-order valence-corrected chi connectivity index (χ3v) is 15.7. The Labute approximate surface area is 443 Å². The number of unbranched alkanes of at least 4 members (excludes halogenated alkanes) is 46. The minimum atomic E-state index is -4.60. The number of amides is 1. The molecule has 0 spiro atoms. The van der Waals surface area contributed by atoms with Gasteiger partial charge in [0.25, 0.3) is 7.82 Å². The van der Waals surface area contributed by atoms with Gasteiger partial charge in [0.15, 0.2) is 0 Å². The Balaban J connectivity index is 4.12. The first-order valence-corrected chi connectivity index (χ1v) is 33.0. The van der Waals surface area contributed by atoms with E-state index in [1.807, 2.05) is 27.2 Å². The molecule has 0 rings (SSSR count). The number of hydrogen-bond acceptors (Lipinski definition) is 6. The minimum Gasteiger partial charge on any atom is -0.756 e. The van der Waals surface area contributed by atoms with Crippen LogP contribution >= 0.6 is 7.82 Å². The monoisotopic (exact) mass is 1020 g/mol. The van der Waals surface area contributed by atoms with Gasteiger partial charge in [-0.3, -0.25) is 9.36 Å². The zero-order valence-electron chi connectivity index (χ0n) is 48.5.